The fraction of sp³-hybridized carbons (Fsp3) is 0.350. The van der Waals surface area contributed by atoms with Gasteiger partial charge in [0.15, 0.2) is 0 Å². The molecule has 26 heavy (non-hydrogen) atoms. The lowest BCUT2D eigenvalue weighted by Crippen LogP contribution is -2.32. The zero-order valence-electron chi connectivity index (χ0n) is 15.5. The smallest absolute Gasteiger partial charge is 0.240 e. The lowest BCUT2D eigenvalue weighted by molar-refractivity contribution is -0.122. The maximum Gasteiger partial charge on any atom is 0.240 e. The fourth-order valence-electron chi connectivity index (χ4n) is 3.01. The van der Waals surface area contributed by atoms with Gasteiger partial charge in [-0.2, -0.15) is 0 Å². The Morgan fingerprint density at radius 1 is 1.12 bits per heavy atom. The Morgan fingerprint density at radius 3 is 2.50 bits per heavy atom. The van der Waals surface area contributed by atoms with Gasteiger partial charge in [0.1, 0.15) is 12.4 Å². The molecule has 0 unspecified atom stereocenters. The summed E-state index contributed by atoms with van der Waals surface area (Å²) in [5.74, 6) is 0.967. The van der Waals surface area contributed by atoms with E-state index in [1.807, 2.05) is 49.7 Å². The van der Waals surface area contributed by atoms with Gasteiger partial charge in [0, 0.05) is 24.6 Å². The molecule has 0 fully saturated rings. The van der Waals surface area contributed by atoms with Crippen LogP contribution in [0.4, 0.5) is 0 Å². The average molecular weight is 351 g/mol. The van der Waals surface area contributed by atoms with E-state index < -0.39 is 0 Å². The third kappa shape index (κ3) is 4.20. The van der Waals surface area contributed by atoms with Crippen LogP contribution in [0.1, 0.15) is 35.2 Å². The van der Waals surface area contributed by atoms with Crippen LogP contribution in [0.25, 0.3) is 0 Å². The highest BCUT2D eigenvalue weighted by Gasteiger charge is 2.16. The summed E-state index contributed by atoms with van der Waals surface area (Å²) < 4.78 is 3.98. The summed E-state index contributed by atoms with van der Waals surface area (Å²) in [4.78, 5) is 21.1. The number of aryl methyl sites for hydroxylation is 3. The molecule has 0 bridgehead atoms. The van der Waals surface area contributed by atoms with Crippen molar-refractivity contribution < 1.29 is 4.79 Å². The van der Waals surface area contributed by atoms with Gasteiger partial charge in [-0.15, -0.1) is 0 Å². The first-order chi connectivity index (χ1) is 12.5. The van der Waals surface area contributed by atoms with E-state index in [1.165, 1.54) is 0 Å². The molecule has 0 saturated heterocycles. The Balaban J connectivity index is 1.70. The molecule has 1 amide bonds. The minimum absolute atomic E-state index is 0.0123. The maximum atomic E-state index is 12.6. The molecule has 136 valence electrons. The lowest BCUT2D eigenvalue weighted by Gasteiger charge is -2.20. The number of imidazole rings is 2. The van der Waals surface area contributed by atoms with Gasteiger partial charge in [0.2, 0.25) is 5.91 Å². The summed E-state index contributed by atoms with van der Waals surface area (Å²) in [7, 11) is 0. The highest BCUT2D eigenvalue weighted by atomic mass is 16.2. The quantitative estimate of drug-likeness (QED) is 0.712. The molecule has 3 aromatic rings. The Labute approximate surface area is 153 Å². The van der Waals surface area contributed by atoms with Crippen LogP contribution in [0.3, 0.4) is 0 Å². The van der Waals surface area contributed by atoms with E-state index in [4.69, 9.17) is 0 Å². The largest absolute Gasteiger partial charge is 0.348 e. The Kier molecular flexibility index (Phi) is 5.51. The third-order valence-electron chi connectivity index (χ3n) is 4.78. The number of nitrogens with one attached hydrogen (secondary N) is 1. The van der Waals surface area contributed by atoms with Crippen molar-refractivity contribution in [1.82, 2.24) is 24.4 Å². The predicted molar refractivity (Wildman–Crippen MR) is 101 cm³/mol. The fourth-order valence-corrected chi connectivity index (χ4v) is 3.01. The molecule has 0 aliphatic carbocycles. The van der Waals surface area contributed by atoms with Gasteiger partial charge >= 0.3 is 0 Å². The highest BCUT2D eigenvalue weighted by molar-refractivity contribution is 5.76. The van der Waals surface area contributed by atoms with E-state index in [2.05, 4.69) is 32.0 Å². The summed E-state index contributed by atoms with van der Waals surface area (Å²) in [6.45, 7) is 6.99. The maximum absolute atomic E-state index is 12.6. The number of amides is 1. The standard InChI is InChI=1S/C20H25N5O/c1-15-16(2)25(14-22-15)13-20(26)23-19(18-7-5-4-6-8-18)9-11-24-12-10-21-17(24)3/h4-8,10,12,14,19H,9,11,13H2,1-3H3,(H,23,26)/t19-/m0/s1. The van der Waals surface area contributed by atoms with Crippen molar-refractivity contribution in [2.45, 2.75) is 46.3 Å². The summed E-state index contributed by atoms with van der Waals surface area (Å²) in [5, 5.41) is 3.18. The van der Waals surface area contributed by atoms with Gasteiger partial charge in [-0.3, -0.25) is 4.79 Å². The number of benzene rings is 1. The molecule has 1 N–H and O–H groups in total. The first-order valence-electron chi connectivity index (χ1n) is 8.85. The molecule has 6 nitrogen and oxygen atoms in total. The SMILES string of the molecule is Cc1ncn(CC(=O)N[C@@H](CCn2ccnc2C)c2ccccc2)c1C. The van der Waals surface area contributed by atoms with Crippen LogP contribution in [-0.2, 0) is 17.9 Å². The minimum Gasteiger partial charge on any atom is -0.348 e. The molecule has 2 heterocycles. The monoisotopic (exact) mass is 351 g/mol. The highest BCUT2D eigenvalue weighted by Crippen LogP contribution is 2.18. The first kappa shape index (κ1) is 17.9. The van der Waals surface area contributed by atoms with Gasteiger partial charge in [-0.05, 0) is 32.8 Å². The molecule has 6 heteroatoms. The molecule has 1 aromatic carbocycles. The zero-order chi connectivity index (χ0) is 18.5. The Hall–Kier alpha value is -2.89. The summed E-state index contributed by atoms with van der Waals surface area (Å²) >= 11 is 0. The molecule has 0 aliphatic heterocycles. The molecular weight excluding hydrogens is 326 g/mol. The second-order valence-corrected chi connectivity index (χ2v) is 6.53. The molecule has 0 saturated carbocycles. The molecule has 0 radical (unpaired) electrons. The number of aromatic nitrogens is 4. The van der Waals surface area contributed by atoms with Crippen molar-refractivity contribution in [3.05, 3.63) is 71.8 Å². The second-order valence-electron chi connectivity index (χ2n) is 6.53. The van der Waals surface area contributed by atoms with Crippen molar-refractivity contribution >= 4 is 5.91 Å². The Bertz CT molecular complexity index is 865. The number of hydrogen-bond acceptors (Lipinski definition) is 3. The molecular formula is C20H25N5O. The van der Waals surface area contributed by atoms with E-state index in [0.717, 1.165) is 35.7 Å². The van der Waals surface area contributed by atoms with Gasteiger partial charge < -0.3 is 14.5 Å². The van der Waals surface area contributed by atoms with Gasteiger partial charge in [-0.1, -0.05) is 30.3 Å². The normalized spacial score (nSPS) is 12.1. The first-order valence-corrected chi connectivity index (χ1v) is 8.85. The molecule has 2 aromatic heterocycles. The zero-order valence-corrected chi connectivity index (χ0v) is 15.5. The van der Waals surface area contributed by atoms with Crippen molar-refractivity contribution in [1.29, 1.82) is 0 Å². The molecule has 1 atom stereocenters. The third-order valence-corrected chi connectivity index (χ3v) is 4.78. The topological polar surface area (TPSA) is 64.7 Å². The van der Waals surface area contributed by atoms with E-state index in [0.29, 0.717) is 0 Å². The van der Waals surface area contributed by atoms with Crippen LogP contribution in [0.2, 0.25) is 0 Å². The summed E-state index contributed by atoms with van der Waals surface area (Å²) in [6.07, 6.45) is 6.29. The number of hydrogen-bond donors (Lipinski definition) is 1. The second kappa shape index (κ2) is 7.99. The summed E-state index contributed by atoms with van der Waals surface area (Å²) in [6, 6.07) is 10.0. The van der Waals surface area contributed by atoms with E-state index in [9.17, 15) is 4.79 Å². The van der Waals surface area contributed by atoms with Crippen LogP contribution in [0.15, 0.2) is 49.1 Å². The van der Waals surface area contributed by atoms with E-state index in [1.54, 1.807) is 12.5 Å². The predicted octanol–water partition coefficient (Wildman–Crippen LogP) is 2.95. The molecule has 0 spiro atoms. The average Bonchev–Trinajstić information content (AvgIpc) is 3.19. The van der Waals surface area contributed by atoms with Gasteiger partial charge in [-0.25, -0.2) is 9.97 Å². The molecule has 0 aliphatic rings. The van der Waals surface area contributed by atoms with Crippen molar-refractivity contribution in [3.63, 3.8) is 0 Å². The molecule has 3 rings (SSSR count). The Morgan fingerprint density at radius 2 is 1.88 bits per heavy atom. The lowest BCUT2D eigenvalue weighted by atomic mass is 10.0. The van der Waals surface area contributed by atoms with Crippen molar-refractivity contribution in [3.8, 4) is 0 Å². The van der Waals surface area contributed by atoms with Crippen LogP contribution in [0.5, 0.6) is 0 Å². The number of rotatable bonds is 7. The van der Waals surface area contributed by atoms with Gasteiger partial charge in [0.05, 0.1) is 18.1 Å². The number of nitrogens with zero attached hydrogens (tertiary/aromatic N) is 4. The number of carbonyl (C=O) groups excluding carboxylic acids is 1. The van der Waals surface area contributed by atoms with E-state index >= 15 is 0 Å². The van der Waals surface area contributed by atoms with Crippen LogP contribution in [-0.4, -0.2) is 25.0 Å². The van der Waals surface area contributed by atoms with Crippen LogP contribution in [0, 0.1) is 20.8 Å². The van der Waals surface area contributed by atoms with Crippen molar-refractivity contribution in [2.24, 2.45) is 0 Å². The van der Waals surface area contributed by atoms with Gasteiger partial charge in [0.25, 0.3) is 0 Å². The van der Waals surface area contributed by atoms with E-state index in [-0.39, 0.29) is 18.5 Å². The van der Waals surface area contributed by atoms with Crippen LogP contribution >= 0.6 is 0 Å². The van der Waals surface area contributed by atoms with Crippen LogP contribution < -0.4 is 5.32 Å². The minimum atomic E-state index is -0.0459. The number of carbonyl (C=O) groups is 1. The van der Waals surface area contributed by atoms with Crippen molar-refractivity contribution in [2.75, 3.05) is 0 Å². The summed E-state index contributed by atoms with van der Waals surface area (Å²) in [5.41, 5.74) is 3.08.